The van der Waals surface area contributed by atoms with Crippen LogP contribution in [0.15, 0.2) is 46.9 Å². The van der Waals surface area contributed by atoms with Gasteiger partial charge in [-0.05, 0) is 55.7 Å². The number of piperazine rings is 1. The Hall–Kier alpha value is -2.67. The molecule has 1 saturated carbocycles. The second-order valence-electron chi connectivity index (χ2n) is 8.05. The molecule has 0 unspecified atom stereocenters. The second kappa shape index (κ2) is 7.87. The highest BCUT2D eigenvalue weighted by atomic mass is 79.9. The van der Waals surface area contributed by atoms with Crippen molar-refractivity contribution in [2.45, 2.75) is 25.8 Å². The molecule has 2 heterocycles. The minimum Gasteiger partial charge on any atom is -0.364 e. The van der Waals surface area contributed by atoms with Gasteiger partial charge in [0.15, 0.2) is 11.6 Å². The molecule has 0 radical (unpaired) electrons. The largest absolute Gasteiger partial charge is 0.364 e. The maximum absolute atomic E-state index is 13.0. The van der Waals surface area contributed by atoms with Crippen molar-refractivity contribution in [3.63, 3.8) is 0 Å². The fourth-order valence-electron chi connectivity index (χ4n) is 3.81. The molecule has 154 valence electrons. The summed E-state index contributed by atoms with van der Waals surface area (Å²) in [6.07, 6.45) is 2.37. The Kier molecular flexibility index (Phi) is 5.06. The fourth-order valence-corrected chi connectivity index (χ4v) is 4.06. The van der Waals surface area contributed by atoms with Gasteiger partial charge in [-0.1, -0.05) is 28.1 Å². The predicted octanol–water partition coefficient (Wildman–Crippen LogP) is 4.24. The second-order valence-corrected chi connectivity index (χ2v) is 8.90. The van der Waals surface area contributed by atoms with Crippen LogP contribution in [0.4, 0.5) is 11.6 Å². The Morgan fingerprint density at radius 1 is 1.03 bits per heavy atom. The summed E-state index contributed by atoms with van der Waals surface area (Å²) in [6.45, 7) is 4.84. The maximum Gasteiger partial charge on any atom is 0.253 e. The van der Waals surface area contributed by atoms with Crippen molar-refractivity contribution in [1.29, 1.82) is 0 Å². The van der Waals surface area contributed by atoms with E-state index in [4.69, 9.17) is 9.97 Å². The number of hydrogen-bond acceptors (Lipinski definition) is 5. The number of nitrogens with zero attached hydrogens (tertiary/aromatic N) is 4. The smallest absolute Gasteiger partial charge is 0.253 e. The van der Waals surface area contributed by atoms with Gasteiger partial charge in [0.25, 0.3) is 5.91 Å². The molecule has 7 heteroatoms. The first-order valence-electron chi connectivity index (χ1n) is 10.4. The lowest BCUT2D eigenvalue weighted by atomic mass is 10.1. The quantitative estimate of drug-likeness (QED) is 0.624. The molecule has 0 spiro atoms. The zero-order valence-electron chi connectivity index (χ0n) is 16.9. The van der Waals surface area contributed by atoms with Gasteiger partial charge in [-0.3, -0.25) is 4.79 Å². The fraction of sp³-hybridized carbons (Fsp3) is 0.348. The highest BCUT2D eigenvalue weighted by Gasteiger charge is 2.28. The molecular weight excluding hydrogens is 442 g/mol. The number of amides is 1. The van der Waals surface area contributed by atoms with Crippen molar-refractivity contribution in [2.75, 3.05) is 36.4 Å². The Bertz CT molecular complexity index is 1110. The number of anilines is 2. The Balaban J connectivity index is 1.35. The first-order chi connectivity index (χ1) is 14.6. The highest BCUT2D eigenvalue weighted by molar-refractivity contribution is 9.10. The first-order valence-corrected chi connectivity index (χ1v) is 11.2. The Morgan fingerprint density at radius 2 is 1.73 bits per heavy atom. The zero-order valence-corrected chi connectivity index (χ0v) is 18.5. The van der Waals surface area contributed by atoms with Crippen molar-refractivity contribution in [1.82, 2.24) is 14.9 Å². The van der Waals surface area contributed by atoms with Crippen LogP contribution in [0, 0.1) is 6.92 Å². The molecule has 1 aliphatic heterocycles. The lowest BCUT2D eigenvalue weighted by Crippen LogP contribution is -2.49. The molecule has 30 heavy (non-hydrogen) atoms. The number of carbonyl (C=O) groups is 1. The van der Waals surface area contributed by atoms with Gasteiger partial charge in [0.05, 0.1) is 11.0 Å². The lowest BCUT2D eigenvalue weighted by molar-refractivity contribution is 0.0746. The molecule has 2 aliphatic rings. The average molecular weight is 466 g/mol. The number of benzene rings is 2. The number of aryl methyl sites for hydroxylation is 1. The number of rotatable bonds is 4. The van der Waals surface area contributed by atoms with E-state index in [1.165, 1.54) is 12.8 Å². The molecule has 3 aromatic rings. The third kappa shape index (κ3) is 3.86. The first kappa shape index (κ1) is 19.3. The third-order valence-electron chi connectivity index (χ3n) is 5.74. The molecule has 0 atom stereocenters. The summed E-state index contributed by atoms with van der Waals surface area (Å²) >= 11 is 3.50. The van der Waals surface area contributed by atoms with Crippen molar-refractivity contribution in [2.24, 2.45) is 0 Å². The van der Waals surface area contributed by atoms with Crippen LogP contribution in [0.3, 0.4) is 0 Å². The third-order valence-corrected chi connectivity index (χ3v) is 6.63. The standard InChI is InChI=1S/C23H24BrN5O/c1-15-14-16(6-9-18(15)24)23(30)29-12-10-28(11-13-29)22-21(25-17-7-8-17)26-19-4-2-3-5-20(19)27-22/h2-6,9,14,17H,7-8,10-13H2,1H3,(H,25,26). The molecular formula is C23H24BrN5O. The van der Waals surface area contributed by atoms with Gasteiger partial charge < -0.3 is 15.1 Å². The van der Waals surface area contributed by atoms with Crippen molar-refractivity contribution in [3.05, 3.63) is 58.1 Å². The van der Waals surface area contributed by atoms with Gasteiger partial charge in [0, 0.05) is 42.3 Å². The summed E-state index contributed by atoms with van der Waals surface area (Å²) < 4.78 is 1.02. The van der Waals surface area contributed by atoms with Gasteiger partial charge in [0.1, 0.15) is 0 Å². The zero-order chi connectivity index (χ0) is 20.7. The van der Waals surface area contributed by atoms with Crippen LogP contribution in [0.5, 0.6) is 0 Å². The number of aromatic nitrogens is 2. The van der Waals surface area contributed by atoms with Gasteiger partial charge >= 0.3 is 0 Å². The van der Waals surface area contributed by atoms with Crippen molar-refractivity contribution in [3.8, 4) is 0 Å². The summed E-state index contributed by atoms with van der Waals surface area (Å²) in [5.41, 5.74) is 3.62. The van der Waals surface area contributed by atoms with Crippen LogP contribution in [0.2, 0.25) is 0 Å². The number of nitrogens with one attached hydrogen (secondary N) is 1. The summed E-state index contributed by atoms with van der Waals surface area (Å²) in [7, 11) is 0. The summed E-state index contributed by atoms with van der Waals surface area (Å²) in [4.78, 5) is 26.9. The Morgan fingerprint density at radius 3 is 2.40 bits per heavy atom. The van der Waals surface area contributed by atoms with Crippen LogP contribution in [-0.4, -0.2) is 53.0 Å². The summed E-state index contributed by atoms with van der Waals surface area (Å²) in [6, 6.07) is 14.3. The van der Waals surface area contributed by atoms with Crippen LogP contribution in [0.25, 0.3) is 11.0 Å². The predicted molar refractivity (Wildman–Crippen MR) is 123 cm³/mol. The molecule has 1 saturated heterocycles. The Labute approximate surface area is 184 Å². The van der Waals surface area contributed by atoms with Gasteiger partial charge in [-0.2, -0.15) is 0 Å². The van der Waals surface area contributed by atoms with Crippen LogP contribution in [0.1, 0.15) is 28.8 Å². The molecule has 1 N–H and O–H groups in total. The monoisotopic (exact) mass is 465 g/mol. The van der Waals surface area contributed by atoms with E-state index in [1.54, 1.807) is 0 Å². The lowest BCUT2D eigenvalue weighted by Gasteiger charge is -2.36. The van der Waals surface area contributed by atoms with E-state index < -0.39 is 0 Å². The van der Waals surface area contributed by atoms with Crippen molar-refractivity contribution < 1.29 is 4.79 Å². The van der Waals surface area contributed by atoms with Crippen LogP contribution in [-0.2, 0) is 0 Å². The van der Waals surface area contributed by atoms with Gasteiger partial charge in [-0.25, -0.2) is 9.97 Å². The molecule has 6 nitrogen and oxygen atoms in total. The number of fused-ring (bicyclic) bond motifs is 1. The van der Waals surface area contributed by atoms with Gasteiger partial charge in [0.2, 0.25) is 0 Å². The van der Waals surface area contributed by atoms with E-state index >= 15 is 0 Å². The normalized spacial score (nSPS) is 16.7. The molecule has 1 amide bonds. The van der Waals surface area contributed by atoms with E-state index in [-0.39, 0.29) is 5.91 Å². The molecule has 1 aliphatic carbocycles. The van der Waals surface area contributed by atoms with E-state index in [2.05, 4.69) is 26.1 Å². The van der Waals surface area contributed by atoms with E-state index in [0.29, 0.717) is 19.1 Å². The van der Waals surface area contributed by atoms with Crippen LogP contribution >= 0.6 is 15.9 Å². The SMILES string of the molecule is Cc1cc(C(=O)N2CCN(c3nc4ccccc4nc3NC3CC3)CC2)ccc1Br. The number of hydrogen-bond donors (Lipinski definition) is 1. The molecule has 0 bridgehead atoms. The van der Waals surface area contributed by atoms with E-state index in [9.17, 15) is 4.79 Å². The number of halogens is 1. The topological polar surface area (TPSA) is 61.4 Å². The molecule has 5 rings (SSSR count). The highest BCUT2D eigenvalue weighted by Crippen LogP contribution is 2.31. The van der Waals surface area contributed by atoms with Crippen LogP contribution < -0.4 is 10.2 Å². The minimum absolute atomic E-state index is 0.0891. The summed E-state index contributed by atoms with van der Waals surface area (Å²) in [5, 5.41) is 3.54. The van der Waals surface area contributed by atoms with E-state index in [0.717, 1.165) is 51.4 Å². The van der Waals surface area contributed by atoms with Crippen molar-refractivity contribution >= 4 is 44.5 Å². The van der Waals surface area contributed by atoms with Gasteiger partial charge in [-0.15, -0.1) is 0 Å². The minimum atomic E-state index is 0.0891. The molecule has 1 aromatic heterocycles. The average Bonchev–Trinajstić information content (AvgIpc) is 3.59. The summed E-state index contributed by atoms with van der Waals surface area (Å²) in [5.74, 6) is 1.85. The number of carbonyl (C=O) groups excluding carboxylic acids is 1. The number of para-hydroxylation sites is 2. The molecule has 2 aromatic carbocycles. The maximum atomic E-state index is 13.0. The molecule has 2 fully saturated rings. The van der Waals surface area contributed by atoms with E-state index in [1.807, 2.05) is 54.3 Å².